The van der Waals surface area contributed by atoms with E-state index in [1.807, 2.05) is 13.0 Å². The van der Waals surface area contributed by atoms with Crippen molar-refractivity contribution in [2.45, 2.75) is 78.4 Å². The first-order chi connectivity index (χ1) is 16.3. The maximum Gasteiger partial charge on any atom is 0.303 e. The Morgan fingerprint density at radius 1 is 1.03 bits per heavy atom. The lowest BCUT2D eigenvalue weighted by molar-refractivity contribution is -0.205. The number of rotatable bonds is 5. The van der Waals surface area contributed by atoms with Crippen LogP contribution < -0.4 is 0 Å². The average molecular weight is 487 g/mol. The van der Waals surface area contributed by atoms with E-state index in [-0.39, 0.29) is 23.5 Å². The van der Waals surface area contributed by atoms with Gasteiger partial charge in [0, 0.05) is 37.5 Å². The quantitative estimate of drug-likeness (QED) is 0.430. The van der Waals surface area contributed by atoms with E-state index in [9.17, 15) is 24.0 Å². The van der Waals surface area contributed by atoms with Crippen LogP contribution in [0.15, 0.2) is 23.8 Å². The minimum Gasteiger partial charge on any atom is -0.462 e. The van der Waals surface area contributed by atoms with Crippen LogP contribution in [0, 0.1) is 28.6 Å². The van der Waals surface area contributed by atoms with Crippen LogP contribution in [0.3, 0.4) is 0 Å². The van der Waals surface area contributed by atoms with Gasteiger partial charge in [0.15, 0.2) is 18.0 Å². The molecule has 0 aromatic carbocycles. The van der Waals surface area contributed by atoms with Crippen LogP contribution in [0.1, 0.15) is 66.7 Å². The fourth-order valence-electron chi connectivity index (χ4n) is 7.81. The normalized spacial score (nSPS) is 39.5. The lowest BCUT2D eigenvalue weighted by atomic mass is 9.46. The van der Waals surface area contributed by atoms with E-state index in [4.69, 9.17) is 14.2 Å². The molecule has 3 fully saturated rings. The summed E-state index contributed by atoms with van der Waals surface area (Å²) in [6.07, 6.45) is 7.50. The molecule has 0 bridgehead atoms. The molecule has 3 saturated carbocycles. The van der Waals surface area contributed by atoms with Gasteiger partial charge in [-0.2, -0.15) is 0 Å². The third-order valence-corrected chi connectivity index (χ3v) is 9.09. The predicted molar refractivity (Wildman–Crippen MR) is 124 cm³/mol. The number of fused-ring (bicyclic) bond motifs is 5. The van der Waals surface area contributed by atoms with Gasteiger partial charge in [0.2, 0.25) is 5.78 Å². The molecule has 0 saturated heterocycles. The van der Waals surface area contributed by atoms with Gasteiger partial charge in [-0.05, 0) is 56.1 Å². The molecule has 0 radical (unpaired) electrons. The zero-order valence-corrected chi connectivity index (χ0v) is 21.1. The van der Waals surface area contributed by atoms with Crippen LogP contribution >= 0.6 is 0 Å². The number of carbonyl (C=O) groups excluding carboxylic acids is 5. The Balaban J connectivity index is 1.80. The lowest BCUT2D eigenvalue weighted by Crippen LogP contribution is -2.63. The van der Waals surface area contributed by atoms with Crippen LogP contribution in [-0.2, 0) is 38.2 Å². The number of carbonyl (C=O) groups is 5. The van der Waals surface area contributed by atoms with Crippen molar-refractivity contribution < 1.29 is 38.2 Å². The van der Waals surface area contributed by atoms with E-state index in [2.05, 4.69) is 6.92 Å². The number of esters is 3. The predicted octanol–water partition coefficient (Wildman–Crippen LogP) is 3.27. The second kappa shape index (κ2) is 8.71. The van der Waals surface area contributed by atoms with Gasteiger partial charge in [0.25, 0.3) is 0 Å². The van der Waals surface area contributed by atoms with Crippen LogP contribution in [0.4, 0.5) is 0 Å². The Kier molecular flexibility index (Phi) is 6.31. The molecule has 0 aromatic heterocycles. The molecule has 0 aromatic rings. The molecule has 0 aliphatic heterocycles. The maximum atomic E-state index is 13.6. The fraction of sp³-hybridized carbons (Fsp3) is 0.667. The SMILES string of the molecule is CC(=O)OCC(=O)[C@@]1(OC(C)=O)CC[C@H]2[C@@H]3CCC4=CC(=O)C=C[C@]4(C)[C@H]3[C@H](OC(C)=O)C[C@@]21C. The standard InChI is InChI=1S/C27H34O8/c1-15(28)33-14-23(32)27(35-17(3)30)11-9-21-20-7-6-18-12-19(31)8-10-25(18,4)24(20)22(34-16(2)29)13-26(21,27)5/h8,10,12,20-22,24H,6-7,9,11,13-14H2,1-5H3/t20-,21-,22+,24+,25-,26-,27-/m0/s1. The van der Waals surface area contributed by atoms with E-state index in [0.29, 0.717) is 19.3 Å². The van der Waals surface area contributed by atoms with E-state index in [1.165, 1.54) is 20.8 Å². The first-order valence-electron chi connectivity index (χ1n) is 12.3. The summed E-state index contributed by atoms with van der Waals surface area (Å²) < 4.78 is 16.8. The average Bonchev–Trinajstić information content (AvgIpc) is 3.04. The number of ether oxygens (including phenoxy) is 3. The molecule has 0 amide bonds. The number of Topliss-reactive ketones (excluding diaryl/α,β-unsaturated/α-hetero) is 1. The zero-order valence-electron chi connectivity index (χ0n) is 21.1. The van der Waals surface area contributed by atoms with Crippen molar-refractivity contribution in [1.29, 1.82) is 0 Å². The Morgan fingerprint density at radius 3 is 2.37 bits per heavy atom. The van der Waals surface area contributed by atoms with Gasteiger partial charge in [-0.1, -0.05) is 25.5 Å². The third-order valence-electron chi connectivity index (χ3n) is 9.09. The Labute approximate surface area is 205 Å². The monoisotopic (exact) mass is 486 g/mol. The molecule has 0 spiro atoms. The van der Waals surface area contributed by atoms with Crippen molar-refractivity contribution in [3.63, 3.8) is 0 Å². The highest BCUT2D eigenvalue weighted by molar-refractivity contribution is 6.01. The summed E-state index contributed by atoms with van der Waals surface area (Å²) in [6.45, 7) is 7.42. The van der Waals surface area contributed by atoms with Gasteiger partial charge >= 0.3 is 17.9 Å². The van der Waals surface area contributed by atoms with Crippen LogP contribution in [-0.4, -0.2) is 47.8 Å². The van der Waals surface area contributed by atoms with Gasteiger partial charge in [0.05, 0.1) is 0 Å². The summed E-state index contributed by atoms with van der Waals surface area (Å²) in [4.78, 5) is 61.6. The molecule has 7 atom stereocenters. The Bertz CT molecular complexity index is 1040. The summed E-state index contributed by atoms with van der Waals surface area (Å²) in [5, 5.41) is 0. The van der Waals surface area contributed by atoms with Gasteiger partial charge < -0.3 is 14.2 Å². The molecule has 8 nitrogen and oxygen atoms in total. The molecular weight excluding hydrogens is 452 g/mol. The highest BCUT2D eigenvalue weighted by Crippen LogP contribution is 2.68. The van der Waals surface area contributed by atoms with Gasteiger partial charge in [-0.25, -0.2) is 0 Å². The first kappa shape index (κ1) is 25.3. The summed E-state index contributed by atoms with van der Waals surface area (Å²) >= 11 is 0. The second-order valence-electron chi connectivity index (χ2n) is 11.0. The van der Waals surface area contributed by atoms with Gasteiger partial charge in [-0.3, -0.25) is 24.0 Å². The van der Waals surface area contributed by atoms with Gasteiger partial charge in [0.1, 0.15) is 6.10 Å². The minimum atomic E-state index is -1.47. The number of allylic oxidation sites excluding steroid dienone is 4. The summed E-state index contributed by atoms with van der Waals surface area (Å²) in [6, 6.07) is 0. The molecule has 0 N–H and O–H groups in total. The van der Waals surface area contributed by atoms with Crippen LogP contribution in [0.25, 0.3) is 0 Å². The summed E-state index contributed by atoms with van der Waals surface area (Å²) in [7, 11) is 0. The third kappa shape index (κ3) is 3.95. The minimum absolute atomic E-state index is 0.0179. The van der Waals surface area contributed by atoms with Crippen molar-refractivity contribution in [3.05, 3.63) is 23.8 Å². The first-order valence-corrected chi connectivity index (χ1v) is 12.3. The van der Waals surface area contributed by atoms with E-state index in [0.717, 1.165) is 18.4 Å². The molecule has 35 heavy (non-hydrogen) atoms. The van der Waals surface area contributed by atoms with E-state index >= 15 is 0 Å². The van der Waals surface area contributed by atoms with Crippen molar-refractivity contribution in [1.82, 2.24) is 0 Å². The maximum absolute atomic E-state index is 13.6. The van der Waals surface area contributed by atoms with E-state index in [1.54, 1.807) is 12.2 Å². The van der Waals surface area contributed by atoms with Crippen molar-refractivity contribution >= 4 is 29.5 Å². The Morgan fingerprint density at radius 2 is 1.74 bits per heavy atom. The molecule has 190 valence electrons. The van der Waals surface area contributed by atoms with Crippen molar-refractivity contribution in [3.8, 4) is 0 Å². The van der Waals surface area contributed by atoms with Crippen LogP contribution in [0.5, 0.6) is 0 Å². The van der Waals surface area contributed by atoms with Gasteiger partial charge in [-0.15, -0.1) is 0 Å². The zero-order chi connectivity index (χ0) is 25.8. The molecule has 4 aliphatic carbocycles. The molecule has 0 unspecified atom stereocenters. The molecular formula is C27H34O8. The number of ketones is 2. The summed E-state index contributed by atoms with van der Waals surface area (Å²) in [5.74, 6) is -2.05. The highest BCUT2D eigenvalue weighted by Gasteiger charge is 2.71. The largest absolute Gasteiger partial charge is 0.462 e. The van der Waals surface area contributed by atoms with Crippen LogP contribution in [0.2, 0.25) is 0 Å². The van der Waals surface area contributed by atoms with Crippen molar-refractivity contribution in [2.75, 3.05) is 6.61 Å². The van der Waals surface area contributed by atoms with E-state index < -0.39 is 52.8 Å². The topological polar surface area (TPSA) is 113 Å². The molecule has 4 aliphatic rings. The molecule has 8 heteroatoms. The smallest absolute Gasteiger partial charge is 0.303 e. The number of hydrogen-bond acceptors (Lipinski definition) is 8. The Hall–Kier alpha value is -2.77. The summed E-state index contributed by atoms with van der Waals surface area (Å²) in [5.41, 5.74) is -1.70. The number of hydrogen-bond donors (Lipinski definition) is 0. The fourth-order valence-corrected chi connectivity index (χ4v) is 7.81. The molecule has 0 heterocycles. The molecule has 4 rings (SSSR count). The lowest BCUT2D eigenvalue weighted by Gasteiger charge is -2.60. The highest BCUT2D eigenvalue weighted by atomic mass is 16.6. The second-order valence-corrected chi connectivity index (χ2v) is 11.0. The van der Waals surface area contributed by atoms with Crippen molar-refractivity contribution in [2.24, 2.45) is 28.6 Å².